The second-order valence-electron chi connectivity index (χ2n) is 11.4. The van der Waals surface area contributed by atoms with Crippen molar-refractivity contribution in [2.45, 2.75) is 54.8 Å². The van der Waals surface area contributed by atoms with Crippen molar-refractivity contribution < 1.29 is 27.8 Å². The smallest absolute Gasteiger partial charge is 0.247 e. The third-order valence-corrected chi connectivity index (χ3v) is 10.5. The van der Waals surface area contributed by atoms with Crippen LogP contribution in [0.3, 0.4) is 0 Å². The number of carbonyl (C=O) groups is 1. The lowest BCUT2D eigenvalue weighted by Gasteiger charge is -2.43. The van der Waals surface area contributed by atoms with Crippen LogP contribution in [0.4, 0.5) is 5.69 Å². The summed E-state index contributed by atoms with van der Waals surface area (Å²) in [6, 6.07) is 4.16. The molecule has 3 fully saturated rings. The Morgan fingerprint density at radius 2 is 1.90 bits per heavy atom. The molecule has 0 saturated carbocycles. The van der Waals surface area contributed by atoms with Gasteiger partial charge in [-0.1, -0.05) is 0 Å². The molecule has 0 aliphatic carbocycles. The number of amides is 1. The molecule has 1 amide bonds. The zero-order chi connectivity index (χ0) is 27.9. The van der Waals surface area contributed by atoms with Crippen LogP contribution in [0.15, 0.2) is 35.5 Å². The topological polar surface area (TPSA) is 129 Å². The molecule has 1 aromatic carbocycles. The Balaban J connectivity index is 1.28. The average Bonchev–Trinajstić information content (AvgIpc) is 3.55. The van der Waals surface area contributed by atoms with Crippen LogP contribution >= 0.6 is 0 Å². The number of aromatic nitrogens is 2. The molecule has 4 aliphatic rings. The predicted molar refractivity (Wildman–Crippen MR) is 146 cm³/mol. The number of likely N-dealkylation sites (tertiary alicyclic amines) is 1. The Hall–Kier alpha value is -2.71. The number of aryl methyl sites for hydroxylation is 1. The summed E-state index contributed by atoms with van der Waals surface area (Å²) in [7, 11) is -2.20. The Bertz CT molecular complexity index is 1330. The summed E-state index contributed by atoms with van der Waals surface area (Å²) in [6.07, 6.45) is 5.01. The van der Waals surface area contributed by atoms with Crippen LogP contribution in [0.25, 0.3) is 0 Å². The van der Waals surface area contributed by atoms with Crippen molar-refractivity contribution in [3.8, 4) is 5.75 Å². The van der Waals surface area contributed by atoms with Crippen LogP contribution in [-0.4, -0.2) is 109 Å². The monoisotopic (exact) mass is 574 g/mol. The fraction of sp³-hybridized carbons (Fsp3) is 0.630. The number of sulfonamides is 1. The van der Waals surface area contributed by atoms with E-state index >= 15 is 0 Å². The van der Waals surface area contributed by atoms with Gasteiger partial charge in [-0.15, -0.1) is 0 Å². The molecule has 0 bridgehead atoms. The summed E-state index contributed by atoms with van der Waals surface area (Å²) in [4.78, 5) is 18.2. The summed E-state index contributed by atoms with van der Waals surface area (Å²) >= 11 is 0. The van der Waals surface area contributed by atoms with E-state index in [9.17, 15) is 18.3 Å². The molecule has 3 saturated heterocycles. The maximum Gasteiger partial charge on any atom is 0.247 e. The first-order valence-corrected chi connectivity index (χ1v) is 15.5. The number of aliphatic hydroxyl groups is 1. The van der Waals surface area contributed by atoms with Crippen molar-refractivity contribution in [2.75, 3.05) is 57.4 Å². The number of piperidine rings is 1. The molecule has 6 rings (SSSR count). The van der Waals surface area contributed by atoms with Gasteiger partial charge in [0.2, 0.25) is 15.9 Å². The number of nitrogens with one attached hydrogen (secondary N) is 1. The number of hydrogen-bond acceptors (Lipinski definition) is 9. The molecule has 2 aromatic rings. The third-order valence-electron chi connectivity index (χ3n) is 8.63. The molecule has 2 N–H and O–H groups in total. The third kappa shape index (κ3) is 5.45. The molecule has 40 heavy (non-hydrogen) atoms. The van der Waals surface area contributed by atoms with Gasteiger partial charge < -0.3 is 24.8 Å². The molecule has 1 aromatic heterocycles. The lowest BCUT2D eigenvalue weighted by atomic mass is 9.84. The van der Waals surface area contributed by atoms with E-state index in [1.165, 1.54) is 0 Å². The predicted octanol–water partition coefficient (Wildman–Crippen LogP) is 0.314. The summed E-state index contributed by atoms with van der Waals surface area (Å²) < 4.78 is 42.5. The Kier molecular flexibility index (Phi) is 7.51. The highest BCUT2D eigenvalue weighted by molar-refractivity contribution is 7.89. The van der Waals surface area contributed by atoms with Crippen LogP contribution in [0.5, 0.6) is 5.75 Å². The SMILES string of the molecule is Cn1cc(CN2CCC3(CCOc4cc(N5CCOCC5)ccc4S(=O)(=O)N4C[C@H](O)C[C@H]4C(=O)N3)CC2)cn1. The molecule has 4 aliphatic heterocycles. The Morgan fingerprint density at radius 1 is 1.12 bits per heavy atom. The van der Waals surface area contributed by atoms with Gasteiger partial charge in [0.25, 0.3) is 0 Å². The molecule has 0 unspecified atom stereocenters. The maximum absolute atomic E-state index is 13.9. The molecule has 1 spiro atoms. The minimum absolute atomic E-state index is 0.0265. The minimum Gasteiger partial charge on any atom is -0.492 e. The Labute approximate surface area is 234 Å². The largest absolute Gasteiger partial charge is 0.492 e. The van der Waals surface area contributed by atoms with Crippen molar-refractivity contribution in [2.24, 2.45) is 7.05 Å². The van der Waals surface area contributed by atoms with Crippen LogP contribution in [0.1, 0.15) is 31.2 Å². The number of carbonyl (C=O) groups excluding carboxylic acids is 1. The zero-order valence-corrected chi connectivity index (χ0v) is 23.7. The molecule has 12 nitrogen and oxygen atoms in total. The number of hydrogen-bond donors (Lipinski definition) is 2. The highest BCUT2D eigenvalue weighted by atomic mass is 32.2. The van der Waals surface area contributed by atoms with E-state index in [-0.39, 0.29) is 36.1 Å². The molecule has 5 heterocycles. The van der Waals surface area contributed by atoms with Crippen molar-refractivity contribution in [3.05, 3.63) is 36.2 Å². The van der Waals surface area contributed by atoms with Crippen LogP contribution in [0, 0.1) is 0 Å². The number of aliphatic hydroxyl groups excluding tert-OH is 1. The van der Waals surface area contributed by atoms with Gasteiger partial charge in [-0.25, -0.2) is 8.42 Å². The lowest BCUT2D eigenvalue weighted by molar-refractivity contribution is -0.127. The summed E-state index contributed by atoms with van der Waals surface area (Å²) in [5.41, 5.74) is 1.48. The van der Waals surface area contributed by atoms with E-state index < -0.39 is 27.7 Å². The highest BCUT2D eigenvalue weighted by Gasteiger charge is 2.47. The summed E-state index contributed by atoms with van der Waals surface area (Å²) in [5.74, 6) is -0.0723. The molecule has 218 valence electrons. The van der Waals surface area contributed by atoms with Gasteiger partial charge in [-0.2, -0.15) is 9.40 Å². The molecular formula is C27H38N6O6S. The number of fused-ring (bicyclic) bond motifs is 2. The quantitative estimate of drug-likeness (QED) is 0.532. The maximum atomic E-state index is 13.9. The normalized spacial score (nSPS) is 27.4. The van der Waals surface area contributed by atoms with Gasteiger partial charge in [0.1, 0.15) is 16.7 Å². The van der Waals surface area contributed by atoms with E-state index in [1.54, 1.807) is 22.9 Å². The van der Waals surface area contributed by atoms with Gasteiger partial charge in [0.05, 0.1) is 32.1 Å². The van der Waals surface area contributed by atoms with Crippen LogP contribution in [-0.2, 0) is 33.1 Å². The van der Waals surface area contributed by atoms with Gasteiger partial charge in [-0.05, 0) is 25.0 Å². The van der Waals surface area contributed by atoms with Crippen molar-refractivity contribution >= 4 is 21.6 Å². The number of benzene rings is 1. The summed E-state index contributed by atoms with van der Waals surface area (Å²) in [5, 5.41) is 18.0. The first kappa shape index (κ1) is 27.5. The number of ether oxygens (including phenoxy) is 2. The van der Waals surface area contributed by atoms with E-state index in [0.29, 0.717) is 45.6 Å². The highest BCUT2D eigenvalue weighted by Crippen LogP contribution is 2.37. The van der Waals surface area contributed by atoms with Crippen LogP contribution in [0.2, 0.25) is 0 Å². The van der Waals surface area contributed by atoms with Gasteiger partial charge in [0.15, 0.2) is 0 Å². The first-order chi connectivity index (χ1) is 19.2. The number of morpholine rings is 1. The number of rotatable bonds is 3. The van der Waals surface area contributed by atoms with Crippen LogP contribution < -0.4 is 15.0 Å². The number of nitrogens with zero attached hydrogens (tertiary/aromatic N) is 5. The van der Waals surface area contributed by atoms with E-state index in [0.717, 1.165) is 35.2 Å². The standard InChI is InChI=1S/C27H38N6O6S/c1-30-17-20(16-28-30)18-31-7-4-27(5-8-31)6-11-39-24-14-21(32-9-12-38-13-10-32)2-3-25(24)40(36,37)33-19-22(34)15-23(33)26(35)29-27/h2-3,14,16-17,22-23,34H,4-13,15,18-19H2,1H3,(H,29,35)/t22-,23+/m1/s1. The van der Waals surface area contributed by atoms with Crippen molar-refractivity contribution in [3.63, 3.8) is 0 Å². The molecular weight excluding hydrogens is 536 g/mol. The Morgan fingerprint density at radius 3 is 2.62 bits per heavy atom. The second-order valence-corrected chi connectivity index (χ2v) is 13.2. The molecule has 13 heteroatoms. The van der Waals surface area contributed by atoms with Gasteiger partial charge in [0, 0.05) is 88.2 Å². The van der Waals surface area contributed by atoms with E-state index in [2.05, 4.69) is 20.2 Å². The fourth-order valence-corrected chi connectivity index (χ4v) is 8.09. The zero-order valence-electron chi connectivity index (χ0n) is 22.9. The fourth-order valence-electron chi connectivity index (χ4n) is 6.34. The molecule has 2 atom stereocenters. The van der Waals surface area contributed by atoms with Crippen molar-refractivity contribution in [1.29, 1.82) is 0 Å². The first-order valence-electron chi connectivity index (χ1n) is 14.0. The van der Waals surface area contributed by atoms with E-state index in [4.69, 9.17) is 9.47 Å². The van der Waals surface area contributed by atoms with Gasteiger partial charge in [-0.3, -0.25) is 14.4 Å². The minimum atomic E-state index is -4.10. The lowest BCUT2D eigenvalue weighted by Crippen LogP contribution is -2.59. The average molecular weight is 575 g/mol. The second kappa shape index (κ2) is 10.9. The van der Waals surface area contributed by atoms with E-state index in [1.807, 2.05) is 19.4 Å². The van der Waals surface area contributed by atoms with Crippen molar-refractivity contribution in [1.82, 2.24) is 24.3 Å². The molecule has 0 radical (unpaired) electrons. The summed E-state index contributed by atoms with van der Waals surface area (Å²) in [6.45, 7) is 5.13. The number of anilines is 1. The van der Waals surface area contributed by atoms with Gasteiger partial charge >= 0.3 is 0 Å².